The van der Waals surface area contributed by atoms with Gasteiger partial charge in [-0.25, -0.2) is 4.39 Å². The van der Waals surface area contributed by atoms with Crippen molar-refractivity contribution in [2.24, 2.45) is 10.2 Å². The van der Waals surface area contributed by atoms with Crippen LogP contribution in [0.5, 0.6) is 0 Å². The maximum atomic E-state index is 13.5. The first-order chi connectivity index (χ1) is 11.7. The second kappa shape index (κ2) is 8.36. The van der Waals surface area contributed by atoms with Gasteiger partial charge < -0.3 is 14.8 Å². The molecule has 0 saturated carbocycles. The zero-order valence-corrected chi connectivity index (χ0v) is 13.9. The topological polar surface area (TPSA) is 72.3 Å². The SMILES string of the molecule is O=C1CSC(=NN=Cc2ccc(F)cc2COCC2CCCO2)N1. The van der Waals surface area contributed by atoms with Crippen molar-refractivity contribution in [2.75, 3.05) is 19.0 Å². The first-order valence-electron chi connectivity index (χ1n) is 7.72. The number of amidine groups is 1. The maximum absolute atomic E-state index is 13.5. The van der Waals surface area contributed by atoms with Gasteiger partial charge in [-0.1, -0.05) is 17.8 Å². The Balaban J connectivity index is 1.60. The lowest BCUT2D eigenvalue weighted by atomic mass is 10.1. The van der Waals surface area contributed by atoms with E-state index in [0.717, 1.165) is 25.0 Å². The second-order valence-corrected chi connectivity index (χ2v) is 6.44. The molecule has 2 aliphatic heterocycles. The molecule has 1 atom stereocenters. The molecule has 2 saturated heterocycles. The van der Waals surface area contributed by atoms with Crippen LogP contribution in [0.25, 0.3) is 0 Å². The molecule has 0 spiro atoms. The minimum atomic E-state index is -0.326. The molecule has 1 unspecified atom stereocenters. The molecule has 2 heterocycles. The molecule has 1 N–H and O–H groups in total. The Bertz CT molecular complexity index is 660. The van der Waals surface area contributed by atoms with Gasteiger partial charge in [-0.15, -0.1) is 5.10 Å². The van der Waals surface area contributed by atoms with Gasteiger partial charge in [-0.05, 0) is 30.5 Å². The van der Waals surface area contributed by atoms with Crippen LogP contribution in [-0.2, 0) is 20.9 Å². The molecule has 0 aromatic heterocycles. The van der Waals surface area contributed by atoms with Crippen molar-refractivity contribution in [3.8, 4) is 0 Å². The van der Waals surface area contributed by atoms with Crippen LogP contribution in [0.15, 0.2) is 28.4 Å². The van der Waals surface area contributed by atoms with Crippen LogP contribution < -0.4 is 5.32 Å². The number of nitrogens with zero attached hydrogens (tertiary/aromatic N) is 2. The van der Waals surface area contributed by atoms with E-state index < -0.39 is 0 Å². The average Bonchev–Trinajstić information content (AvgIpc) is 3.21. The lowest BCUT2D eigenvalue weighted by Gasteiger charge is -2.11. The smallest absolute Gasteiger partial charge is 0.236 e. The summed E-state index contributed by atoms with van der Waals surface area (Å²) >= 11 is 1.30. The summed E-state index contributed by atoms with van der Waals surface area (Å²) in [5, 5.41) is 11.0. The van der Waals surface area contributed by atoms with Gasteiger partial charge in [0.05, 0.1) is 31.3 Å². The first-order valence-corrected chi connectivity index (χ1v) is 8.71. The average molecular weight is 351 g/mol. The van der Waals surface area contributed by atoms with Crippen LogP contribution in [0.3, 0.4) is 0 Å². The van der Waals surface area contributed by atoms with E-state index in [4.69, 9.17) is 9.47 Å². The predicted octanol–water partition coefficient (Wildman–Crippen LogP) is 2.07. The number of carbonyl (C=O) groups is 1. The summed E-state index contributed by atoms with van der Waals surface area (Å²) in [5.41, 5.74) is 1.42. The normalized spacial score (nSPS) is 22.6. The predicted molar refractivity (Wildman–Crippen MR) is 90.7 cm³/mol. The molecule has 8 heteroatoms. The number of rotatable bonds is 6. The van der Waals surface area contributed by atoms with Crippen molar-refractivity contribution in [1.29, 1.82) is 0 Å². The highest BCUT2D eigenvalue weighted by Gasteiger charge is 2.16. The molecule has 3 rings (SSSR count). The van der Waals surface area contributed by atoms with E-state index in [9.17, 15) is 9.18 Å². The number of ether oxygens (including phenoxy) is 2. The highest BCUT2D eigenvalue weighted by atomic mass is 32.2. The Kier molecular flexibility index (Phi) is 5.95. The van der Waals surface area contributed by atoms with Crippen LogP contribution in [0.2, 0.25) is 0 Å². The minimum absolute atomic E-state index is 0.0843. The first kappa shape index (κ1) is 17.1. The molecular formula is C16H18FN3O3S. The van der Waals surface area contributed by atoms with E-state index in [1.165, 1.54) is 30.1 Å². The molecule has 6 nitrogen and oxygen atoms in total. The van der Waals surface area contributed by atoms with Crippen molar-refractivity contribution in [2.45, 2.75) is 25.6 Å². The molecule has 128 valence electrons. The van der Waals surface area contributed by atoms with Crippen LogP contribution in [0.1, 0.15) is 24.0 Å². The van der Waals surface area contributed by atoms with Crippen molar-refractivity contribution in [3.63, 3.8) is 0 Å². The Morgan fingerprint density at radius 1 is 1.50 bits per heavy atom. The van der Waals surface area contributed by atoms with E-state index in [2.05, 4.69) is 15.5 Å². The van der Waals surface area contributed by atoms with Crippen molar-refractivity contribution in [3.05, 3.63) is 35.1 Å². The van der Waals surface area contributed by atoms with Gasteiger partial charge in [0.2, 0.25) is 5.91 Å². The van der Waals surface area contributed by atoms with Gasteiger partial charge in [0.1, 0.15) is 5.82 Å². The lowest BCUT2D eigenvalue weighted by Crippen LogP contribution is -2.19. The number of halogens is 1. The zero-order chi connectivity index (χ0) is 16.8. The van der Waals surface area contributed by atoms with Crippen molar-refractivity contribution >= 4 is 29.1 Å². The van der Waals surface area contributed by atoms with Gasteiger partial charge in [-0.2, -0.15) is 5.10 Å². The van der Waals surface area contributed by atoms with E-state index in [-0.39, 0.29) is 24.4 Å². The highest BCUT2D eigenvalue weighted by molar-refractivity contribution is 8.15. The summed E-state index contributed by atoms with van der Waals surface area (Å²) in [6.45, 7) is 1.56. The van der Waals surface area contributed by atoms with E-state index in [1.54, 1.807) is 6.07 Å². The molecular weight excluding hydrogens is 333 g/mol. The van der Waals surface area contributed by atoms with Gasteiger partial charge in [-0.3, -0.25) is 4.79 Å². The molecule has 1 aromatic carbocycles. The molecule has 24 heavy (non-hydrogen) atoms. The fraction of sp³-hybridized carbons (Fsp3) is 0.438. The van der Waals surface area contributed by atoms with Crippen molar-refractivity contribution < 1.29 is 18.7 Å². The summed E-state index contributed by atoms with van der Waals surface area (Å²) in [7, 11) is 0. The van der Waals surface area contributed by atoms with Crippen LogP contribution in [-0.4, -0.2) is 42.4 Å². The highest BCUT2D eigenvalue weighted by Crippen LogP contribution is 2.15. The summed E-state index contributed by atoms with van der Waals surface area (Å²) < 4.78 is 24.6. The summed E-state index contributed by atoms with van der Waals surface area (Å²) in [5.74, 6) is -0.0560. The van der Waals surface area contributed by atoms with Crippen LogP contribution in [0, 0.1) is 5.82 Å². The number of carbonyl (C=O) groups excluding carboxylic acids is 1. The summed E-state index contributed by atoms with van der Waals surface area (Å²) in [6.07, 6.45) is 3.71. The third-order valence-electron chi connectivity index (χ3n) is 3.62. The summed E-state index contributed by atoms with van der Waals surface area (Å²) in [6, 6.07) is 4.42. The number of amides is 1. The minimum Gasteiger partial charge on any atom is -0.376 e. The maximum Gasteiger partial charge on any atom is 0.236 e. The fourth-order valence-electron chi connectivity index (χ4n) is 2.42. The fourth-order valence-corrected chi connectivity index (χ4v) is 3.05. The number of benzene rings is 1. The van der Waals surface area contributed by atoms with Crippen LogP contribution >= 0.6 is 11.8 Å². The second-order valence-electron chi connectivity index (χ2n) is 5.48. The van der Waals surface area contributed by atoms with E-state index >= 15 is 0 Å². The third kappa shape index (κ3) is 4.86. The molecule has 0 aliphatic carbocycles. The largest absolute Gasteiger partial charge is 0.376 e. The van der Waals surface area contributed by atoms with Gasteiger partial charge >= 0.3 is 0 Å². The van der Waals surface area contributed by atoms with Crippen molar-refractivity contribution in [1.82, 2.24) is 5.32 Å². The van der Waals surface area contributed by atoms with Gasteiger partial charge in [0.25, 0.3) is 0 Å². The molecule has 0 radical (unpaired) electrons. The Hall–Kier alpha value is -1.77. The molecule has 0 bridgehead atoms. The Morgan fingerprint density at radius 2 is 2.42 bits per heavy atom. The number of hydrogen-bond acceptors (Lipinski definition) is 6. The van der Waals surface area contributed by atoms with E-state index in [0.29, 0.717) is 23.1 Å². The molecule has 2 aliphatic rings. The number of nitrogens with one attached hydrogen (secondary N) is 1. The molecule has 2 fully saturated rings. The number of hydrogen-bond donors (Lipinski definition) is 1. The zero-order valence-electron chi connectivity index (χ0n) is 13.0. The number of thioether (sulfide) groups is 1. The lowest BCUT2D eigenvalue weighted by molar-refractivity contribution is -0.116. The standard InChI is InChI=1S/C16H18FN3O3S/c17-13-4-3-11(7-18-20-16-19-15(21)10-24-16)12(6-13)8-22-9-14-2-1-5-23-14/h3-4,6-7,14H,1-2,5,8-10H2,(H,19,20,21). The quantitative estimate of drug-likeness (QED) is 0.629. The molecule has 1 aromatic rings. The Labute approximate surface area is 143 Å². The molecule has 1 amide bonds. The van der Waals surface area contributed by atoms with Crippen LogP contribution in [0.4, 0.5) is 4.39 Å². The monoisotopic (exact) mass is 351 g/mol. The van der Waals surface area contributed by atoms with Gasteiger partial charge in [0, 0.05) is 12.2 Å². The van der Waals surface area contributed by atoms with Gasteiger partial charge in [0.15, 0.2) is 5.17 Å². The third-order valence-corrected chi connectivity index (χ3v) is 4.49. The Morgan fingerprint density at radius 3 is 3.17 bits per heavy atom. The van der Waals surface area contributed by atoms with E-state index in [1.807, 2.05) is 0 Å². The summed E-state index contributed by atoms with van der Waals surface area (Å²) in [4.78, 5) is 11.1.